The van der Waals surface area contributed by atoms with Gasteiger partial charge in [-0.3, -0.25) is 0 Å². The first-order valence-corrected chi connectivity index (χ1v) is 7.04. The Kier molecular flexibility index (Phi) is 6.79. The molecule has 1 aliphatic rings. The van der Waals surface area contributed by atoms with Crippen LogP contribution in [-0.2, 0) is 0 Å². The minimum Gasteiger partial charge on any atom is -0.303 e. The normalized spacial score (nSPS) is 19.4. The van der Waals surface area contributed by atoms with Crippen molar-refractivity contribution in [3.05, 3.63) is 11.6 Å². The lowest BCUT2D eigenvalue weighted by Gasteiger charge is -2.27. The number of rotatable bonds is 6. The molecule has 0 amide bonds. The smallest absolute Gasteiger partial charge is 0.00162 e. The summed E-state index contributed by atoms with van der Waals surface area (Å²) < 4.78 is 0. The highest BCUT2D eigenvalue weighted by Crippen LogP contribution is 2.15. The molecular formula is C15H29N. The molecule has 1 rings (SSSR count). The van der Waals surface area contributed by atoms with Crippen molar-refractivity contribution in [1.82, 2.24) is 4.90 Å². The third kappa shape index (κ3) is 6.32. The summed E-state index contributed by atoms with van der Waals surface area (Å²) in [6, 6.07) is 0. The number of piperidine rings is 1. The number of nitrogens with zero attached hydrogens (tertiary/aromatic N) is 1. The molecule has 0 aliphatic carbocycles. The summed E-state index contributed by atoms with van der Waals surface area (Å²) in [6.07, 6.45) is 10.7. The van der Waals surface area contributed by atoms with Crippen LogP contribution in [0.5, 0.6) is 0 Å². The van der Waals surface area contributed by atoms with Gasteiger partial charge in [-0.25, -0.2) is 0 Å². The third-order valence-electron chi connectivity index (χ3n) is 3.60. The number of hydrogen-bond acceptors (Lipinski definition) is 1. The van der Waals surface area contributed by atoms with E-state index in [1.165, 1.54) is 63.7 Å². The van der Waals surface area contributed by atoms with Gasteiger partial charge >= 0.3 is 0 Å². The van der Waals surface area contributed by atoms with Crippen LogP contribution < -0.4 is 0 Å². The van der Waals surface area contributed by atoms with Gasteiger partial charge in [0.05, 0.1) is 0 Å². The van der Waals surface area contributed by atoms with Crippen LogP contribution in [0.15, 0.2) is 11.6 Å². The molecule has 1 aliphatic heterocycles. The quantitative estimate of drug-likeness (QED) is 0.609. The van der Waals surface area contributed by atoms with Crippen LogP contribution in [0.4, 0.5) is 0 Å². The Bertz CT molecular complexity index is 197. The molecule has 0 aromatic rings. The van der Waals surface area contributed by atoms with E-state index in [0.29, 0.717) is 0 Å². The van der Waals surface area contributed by atoms with E-state index in [0.717, 1.165) is 5.92 Å². The highest BCUT2D eigenvalue weighted by atomic mass is 15.1. The van der Waals surface area contributed by atoms with Gasteiger partial charge in [0, 0.05) is 0 Å². The molecule has 0 N–H and O–H groups in total. The second-order valence-corrected chi connectivity index (χ2v) is 5.65. The van der Waals surface area contributed by atoms with Crippen molar-refractivity contribution < 1.29 is 0 Å². The van der Waals surface area contributed by atoms with Crippen LogP contribution in [0.2, 0.25) is 0 Å². The largest absolute Gasteiger partial charge is 0.303 e. The van der Waals surface area contributed by atoms with Gasteiger partial charge in [0.2, 0.25) is 0 Å². The Balaban J connectivity index is 2.04. The number of likely N-dealkylation sites (tertiary alicyclic amines) is 1. The monoisotopic (exact) mass is 223 g/mol. The zero-order valence-electron chi connectivity index (χ0n) is 11.5. The molecule has 0 unspecified atom stereocenters. The minimum atomic E-state index is 0.887. The Morgan fingerprint density at radius 1 is 1.12 bits per heavy atom. The number of hydrogen-bond donors (Lipinski definition) is 0. The first-order chi connectivity index (χ1) is 7.68. The lowest BCUT2D eigenvalue weighted by molar-refractivity contribution is 0.213. The van der Waals surface area contributed by atoms with E-state index in [9.17, 15) is 0 Å². The van der Waals surface area contributed by atoms with E-state index >= 15 is 0 Å². The molecule has 0 radical (unpaired) electrons. The fourth-order valence-electron chi connectivity index (χ4n) is 2.39. The molecule has 1 heteroatoms. The van der Waals surface area contributed by atoms with Gasteiger partial charge in [0.1, 0.15) is 0 Å². The molecule has 0 aromatic heterocycles. The van der Waals surface area contributed by atoms with Gasteiger partial charge in [0.25, 0.3) is 0 Å². The van der Waals surface area contributed by atoms with E-state index in [2.05, 4.69) is 31.7 Å². The van der Waals surface area contributed by atoms with Crippen molar-refractivity contribution >= 4 is 0 Å². The van der Waals surface area contributed by atoms with Crippen LogP contribution >= 0.6 is 0 Å². The maximum absolute atomic E-state index is 2.65. The predicted octanol–water partition coefficient (Wildman–Crippen LogP) is 4.24. The molecule has 0 saturated carbocycles. The summed E-state index contributed by atoms with van der Waals surface area (Å²) >= 11 is 0. The van der Waals surface area contributed by atoms with Crippen LogP contribution in [0.25, 0.3) is 0 Å². The highest BCUT2D eigenvalue weighted by Gasteiger charge is 2.10. The lowest BCUT2D eigenvalue weighted by atomic mass is 10.00. The van der Waals surface area contributed by atoms with E-state index in [-0.39, 0.29) is 0 Å². The van der Waals surface area contributed by atoms with Crippen LogP contribution in [0, 0.1) is 5.92 Å². The van der Waals surface area contributed by atoms with Crippen molar-refractivity contribution in [2.75, 3.05) is 19.6 Å². The molecule has 16 heavy (non-hydrogen) atoms. The van der Waals surface area contributed by atoms with Gasteiger partial charge < -0.3 is 4.90 Å². The van der Waals surface area contributed by atoms with Gasteiger partial charge in [-0.05, 0) is 71.5 Å². The zero-order valence-corrected chi connectivity index (χ0v) is 11.5. The SMILES string of the molecule is CC(C)=CCC[C@@H](C)CCN1CCCCC1. The first kappa shape index (κ1) is 13.8. The van der Waals surface area contributed by atoms with Crippen LogP contribution in [-0.4, -0.2) is 24.5 Å². The molecule has 1 fully saturated rings. The van der Waals surface area contributed by atoms with Gasteiger partial charge in [0.15, 0.2) is 0 Å². The molecule has 0 spiro atoms. The zero-order chi connectivity index (χ0) is 11.8. The second kappa shape index (κ2) is 7.89. The fourth-order valence-corrected chi connectivity index (χ4v) is 2.39. The van der Waals surface area contributed by atoms with E-state index in [1.807, 2.05) is 0 Å². The second-order valence-electron chi connectivity index (χ2n) is 5.65. The summed E-state index contributed by atoms with van der Waals surface area (Å²) in [4.78, 5) is 2.65. The van der Waals surface area contributed by atoms with E-state index < -0.39 is 0 Å². The summed E-state index contributed by atoms with van der Waals surface area (Å²) in [7, 11) is 0. The van der Waals surface area contributed by atoms with Gasteiger partial charge in [-0.2, -0.15) is 0 Å². The van der Waals surface area contributed by atoms with Crippen LogP contribution in [0.1, 0.15) is 59.3 Å². The van der Waals surface area contributed by atoms with Gasteiger partial charge in [-0.15, -0.1) is 0 Å². The molecule has 1 saturated heterocycles. The Morgan fingerprint density at radius 3 is 2.44 bits per heavy atom. The lowest BCUT2D eigenvalue weighted by Crippen LogP contribution is -2.31. The van der Waals surface area contributed by atoms with Crippen LogP contribution in [0.3, 0.4) is 0 Å². The fraction of sp³-hybridized carbons (Fsp3) is 0.867. The standard InChI is InChI=1S/C15H29N/c1-14(2)8-7-9-15(3)10-13-16-11-5-4-6-12-16/h8,15H,4-7,9-13H2,1-3H3/t15-/m1/s1. The summed E-state index contributed by atoms with van der Waals surface area (Å²) in [5, 5.41) is 0. The van der Waals surface area contributed by atoms with Crippen molar-refractivity contribution in [3.8, 4) is 0 Å². The predicted molar refractivity (Wildman–Crippen MR) is 72.7 cm³/mol. The molecule has 94 valence electrons. The molecule has 1 heterocycles. The average molecular weight is 223 g/mol. The maximum atomic E-state index is 2.65. The highest BCUT2D eigenvalue weighted by molar-refractivity contribution is 4.92. The Hall–Kier alpha value is -0.300. The van der Waals surface area contributed by atoms with Crippen molar-refractivity contribution in [2.24, 2.45) is 5.92 Å². The number of allylic oxidation sites excluding steroid dienone is 2. The Morgan fingerprint density at radius 2 is 1.81 bits per heavy atom. The maximum Gasteiger partial charge on any atom is -0.00162 e. The van der Waals surface area contributed by atoms with Crippen molar-refractivity contribution in [3.63, 3.8) is 0 Å². The third-order valence-corrected chi connectivity index (χ3v) is 3.60. The summed E-state index contributed by atoms with van der Waals surface area (Å²) in [6.45, 7) is 10.8. The molecule has 0 aromatic carbocycles. The van der Waals surface area contributed by atoms with Crippen molar-refractivity contribution in [1.29, 1.82) is 0 Å². The van der Waals surface area contributed by atoms with E-state index in [1.54, 1.807) is 0 Å². The summed E-state index contributed by atoms with van der Waals surface area (Å²) in [5.74, 6) is 0.887. The topological polar surface area (TPSA) is 3.24 Å². The minimum absolute atomic E-state index is 0.887. The molecular weight excluding hydrogens is 194 g/mol. The molecule has 1 atom stereocenters. The first-order valence-electron chi connectivity index (χ1n) is 7.04. The average Bonchev–Trinajstić information content (AvgIpc) is 2.27. The summed E-state index contributed by atoms with van der Waals surface area (Å²) in [5.41, 5.74) is 1.46. The van der Waals surface area contributed by atoms with Crippen molar-refractivity contribution in [2.45, 2.75) is 59.3 Å². The molecule has 1 nitrogen and oxygen atoms in total. The molecule has 0 bridgehead atoms. The Labute approximate surface area is 102 Å². The van der Waals surface area contributed by atoms with Gasteiger partial charge in [-0.1, -0.05) is 25.0 Å². The van der Waals surface area contributed by atoms with E-state index in [4.69, 9.17) is 0 Å².